The van der Waals surface area contributed by atoms with Gasteiger partial charge in [0.15, 0.2) is 11.9 Å². The van der Waals surface area contributed by atoms with Crippen LogP contribution in [-0.2, 0) is 0 Å². The van der Waals surface area contributed by atoms with Gasteiger partial charge in [-0.05, 0) is 13.0 Å². The van der Waals surface area contributed by atoms with E-state index in [0.717, 1.165) is 0 Å². The van der Waals surface area contributed by atoms with Gasteiger partial charge in [-0.25, -0.2) is 8.78 Å². The van der Waals surface area contributed by atoms with Crippen molar-refractivity contribution in [2.45, 2.75) is 19.5 Å². The Kier molecular flexibility index (Phi) is 1.74. The number of hydrogen-bond acceptors (Lipinski definition) is 1. The molecule has 1 atom stereocenters. The minimum absolute atomic E-state index is 0.0340. The predicted molar refractivity (Wildman–Crippen MR) is 34.0 cm³/mol. The summed E-state index contributed by atoms with van der Waals surface area (Å²) < 4.78 is 24.9. The quantitative estimate of drug-likeness (QED) is 0.520. The minimum Gasteiger partial charge on any atom is -0.506 e. The van der Waals surface area contributed by atoms with E-state index in [0.29, 0.717) is 5.57 Å². The van der Waals surface area contributed by atoms with E-state index in [1.165, 1.54) is 6.08 Å². The molecule has 0 aromatic carbocycles. The molecule has 10 heavy (non-hydrogen) atoms. The van der Waals surface area contributed by atoms with E-state index in [-0.39, 0.29) is 6.42 Å². The summed E-state index contributed by atoms with van der Waals surface area (Å²) in [4.78, 5) is 0. The highest BCUT2D eigenvalue weighted by molar-refractivity contribution is 5.24. The van der Waals surface area contributed by atoms with Crippen molar-refractivity contribution in [1.82, 2.24) is 0 Å². The molecule has 0 saturated carbocycles. The van der Waals surface area contributed by atoms with Crippen molar-refractivity contribution in [2.75, 3.05) is 0 Å². The lowest BCUT2D eigenvalue weighted by Crippen LogP contribution is -2.08. The van der Waals surface area contributed by atoms with Gasteiger partial charge in [-0.2, -0.15) is 0 Å². The summed E-state index contributed by atoms with van der Waals surface area (Å²) in [5.74, 6) is -1.53. The Morgan fingerprint density at radius 3 is 2.80 bits per heavy atom. The van der Waals surface area contributed by atoms with Gasteiger partial charge in [0.2, 0.25) is 0 Å². The van der Waals surface area contributed by atoms with Crippen molar-refractivity contribution in [1.29, 1.82) is 0 Å². The maximum atomic E-state index is 12.5. The molecule has 1 N–H and O–H groups in total. The van der Waals surface area contributed by atoms with Gasteiger partial charge < -0.3 is 5.11 Å². The maximum absolute atomic E-state index is 12.5. The molecule has 1 aliphatic carbocycles. The monoisotopic (exact) mass is 146 g/mol. The third-order valence-electron chi connectivity index (χ3n) is 1.40. The first kappa shape index (κ1) is 7.25. The van der Waals surface area contributed by atoms with Crippen LogP contribution in [0.25, 0.3) is 0 Å². The molecule has 1 nitrogen and oxygen atoms in total. The van der Waals surface area contributed by atoms with Crippen molar-refractivity contribution in [3.8, 4) is 0 Å². The number of rotatable bonds is 0. The summed E-state index contributed by atoms with van der Waals surface area (Å²) in [6.07, 6.45) is -0.404. The second-order valence-corrected chi connectivity index (χ2v) is 2.38. The molecule has 0 aliphatic heterocycles. The fourth-order valence-corrected chi connectivity index (χ4v) is 0.873. The van der Waals surface area contributed by atoms with Crippen LogP contribution < -0.4 is 0 Å². The van der Waals surface area contributed by atoms with Crippen LogP contribution in [0.1, 0.15) is 13.3 Å². The van der Waals surface area contributed by atoms with Crippen molar-refractivity contribution < 1.29 is 13.9 Å². The first-order chi connectivity index (χ1) is 4.61. The maximum Gasteiger partial charge on any atom is 0.178 e. The number of hydrogen-bond donors (Lipinski definition) is 1. The van der Waals surface area contributed by atoms with Crippen molar-refractivity contribution in [3.63, 3.8) is 0 Å². The second kappa shape index (κ2) is 2.40. The summed E-state index contributed by atoms with van der Waals surface area (Å²) in [6.45, 7) is 1.62. The third kappa shape index (κ3) is 1.17. The lowest BCUT2D eigenvalue weighted by Gasteiger charge is -2.11. The number of halogens is 2. The van der Waals surface area contributed by atoms with Gasteiger partial charge >= 0.3 is 0 Å². The lowest BCUT2D eigenvalue weighted by atomic mass is 10.0. The topological polar surface area (TPSA) is 20.2 Å². The molecule has 0 spiro atoms. The molecule has 0 fully saturated rings. The summed E-state index contributed by atoms with van der Waals surface area (Å²) in [6, 6.07) is 0. The van der Waals surface area contributed by atoms with Crippen LogP contribution in [0.3, 0.4) is 0 Å². The Morgan fingerprint density at radius 2 is 2.30 bits per heavy atom. The molecular weight excluding hydrogens is 138 g/mol. The molecule has 0 aromatic rings. The van der Waals surface area contributed by atoms with Crippen LogP contribution in [0.5, 0.6) is 0 Å². The fraction of sp³-hybridized carbons (Fsp3) is 0.429. The summed E-state index contributed by atoms with van der Waals surface area (Å²) in [5, 5.41) is 8.65. The summed E-state index contributed by atoms with van der Waals surface area (Å²) >= 11 is 0. The molecule has 56 valence electrons. The number of aliphatic hydroxyl groups excluding tert-OH is 1. The fourth-order valence-electron chi connectivity index (χ4n) is 0.873. The molecule has 0 radical (unpaired) electrons. The predicted octanol–water partition coefficient (Wildman–Crippen LogP) is 2.41. The molecule has 1 unspecified atom stereocenters. The molecule has 0 bridgehead atoms. The molecule has 0 amide bonds. The molecule has 3 heteroatoms. The zero-order valence-electron chi connectivity index (χ0n) is 5.56. The van der Waals surface area contributed by atoms with Crippen LogP contribution >= 0.6 is 0 Å². The summed E-state index contributed by atoms with van der Waals surface area (Å²) in [7, 11) is 0. The Morgan fingerprint density at radius 1 is 1.70 bits per heavy atom. The molecule has 1 aliphatic rings. The molecule has 0 aromatic heterocycles. The average molecular weight is 146 g/mol. The van der Waals surface area contributed by atoms with Crippen molar-refractivity contribution >= 4 is 0 Å². The minimum atomic E-state index is -1.64. The lowest BCUT2D eigenvalue weighted by molar-refractivity contribution is 0.270. The van der Waals surface area contributed by atoms with Gasteiger partial charge in [-0.15, -0.1) is 0 Å². The van der Waals surface area contributed by atoms with Gasteiger partial charge in [0.05, 0.1) is 0 Å². The van der Waals surface area contributed by atoms with E-state index < -0.39 is 17.8 Å². The third-order valence-corrected chi connectivity index (χ3v) is 1.40. The number of alkyl halides is 1. The van der Waals surface area contributed by atoms with Crippen LogP contribution in [0, 0.1) is 0 Å². The van der Waals surface area contributed by atoms with Crippen LogP contribution in [0.2, 0.25) is 0 Å². The van der Waals surface area contributed by atoms with E-state index in [2.05, 4.69) is 0 Å². The van der Waals surface area contributed by atoms with Gasteiger partial charge in [0.25, 0.3) is 0 Å². The first-order valence-electron chi connectivity index (χ1n) is 3.00. The van der Waals surface area contributed by atoms with E-state index in [1.54, 1.807) is 6.92 Å². The standard InChI is InChI=1S/C7H8F2O/c1-4-2-5(8)7(10)6(9)3-4/h2,5,10H,3H2,1H3. The number of allylic oxidation sites excluding steroid dienone is 3. The molecule has 0 saturated heterocycles. The van der Waals surface area contributed by atoms with E-state index in [1.807, 2.05) is 0 Å². The largest absolute Gasteiger partial charge is 0.506 e. The molecule has 1 rings (SSSR count). The first-order valence-corrected chi connectivity index (χ1v) is 3.00. The van der Waals surface area contributed by atoms with E-state index >= 15 is 0 Å². The number of aliphatic hydroxyl groups is 1. The van der Waals surface area contributed by atoms with Gasteiger partial charge in [-0.1, -0.05) is 5.57 Å². The molecular formula is C7H8F2O. The van der Waals surface area contributed by atoms with Gasteiger partial charge in [0.1, 0.15) is 5.83 Å². The Hall–Kier alpha value is -0.860. The van der Waals surface area contributed by atoms with E-state index in [9.17, 15) is 8.78 Å². The normalized spacial score (nSPS) is 26.7. The van der Waals surface area contributed by atoms with Crippen LogP contribution in [0.15, 0.2) is 23.2 Å². The highest BCUT2D eigenvalue weighted by Crippen LogP contribution is 2.25. The summed E-state index contributed by atoms with van der Waals surface area (Å²) in [5.41, 5.74) is 0.614. The van der Waals surface area contributed by atoms with Gasteiger partial charge in [-0.3, -0.25) is 0 Å². The average Bonchev–Trinajstić information content (AvgIpc) is 1.82. The zero-order chi connectivity index (χ0) is 7.72. The van der Waals surface area contributed by atoms with Crippen LogP contribution in [0.4, 0.5) is 8.78 Å². The van der Waals surface area contributed by atoms with Gasteiger partial charge in [0, 0.05) is 6.42 Å². The highest BCUT2D eigenvalue weighted by Gasteiger charge is 2.20. The zero-order valence-corrected chi connectivity index (χ0v) is 5.56. The Bertz CT molecular complexity index is 206. The molecule has 0 heterocycles. The van der Waals surface area contributed by atoms with Crippen LogP contribution in [-0.4, -0.2) is 11.3 Å². The second-order valence-electron chi connectivity index (χ2n) is 2.38. The van der Waals surface area contributed by atoms with Crippen molar-refractivity contribution in [3.05, 3.63) is 23.2 Å². The Balaban J connectivity index is 2.85. The van der Waals surface area contributed by atoms with Crippen molar-refractivity contribution in [2.24, 2.45) is 0 Å². The van der Waals surface area contributed by atoms with E-state index in [4.69, 9.17) is 5.11 Å². The highest BCUT2D eigenvalue weighted by atomic mass is 19.1. The smallest absolute Gasteiger partial charge is 0.178 e. The Labute approximate surface area is 57.7 Å². The SMILES string of the molecule is CC1=CC(F)C(O)=C(F)C1.